The molecule has 0 bridgehead atoms. The van der Waals surface area contributed by atoms with Crippen LogP contribution in [0.1, 0.15) is 20.3 Å². The summed E-state index contributed by atoms with van der Waals surface area (Å²) in [6, 6.07) is 5.60. The zero-order valence-corrected chi connectivity index (χ0v) is 12.1. The van der Waals surface area contributed by atoms with E-state index in [9.17, 15) is 5.11 Å². The quantitative estimate of drug-likeness (QED) is 0.811. The molecule has 1 aromatic carbocycles. The van der Waals surface area contributed by atoms with Gasteiger partial charge in [0.05, 0.1) is 11.1 Å². The highest BCUT2D eigenvalue weighted by molar-refractivity contribution is 6.42. The van der Waals surface area contributed by atoms with Gasteiger partial charge < -0.3 is 15.2 Å². The molecular formula is C13H19Cl2NO2. The summed E-state index contributed by atoms with van der Waals surface area (Å²) >= 11 is 11.8. The van der Waals surface area contributed by atoms with Crippen LogP contribution >= 0.6 is 23.2 Å². The van der Waals surface area contributed by atoms with Crippen molar-refractivity contribution in [2.75, 3.05) is 13.2 Å². The maximum absolute atomic E-state index is 9.74. The van der Waals surface area contributed by atoms with Crippen LogP contribution < -0.4 is 10.1 Å². The maximum atomic E-state index is 9.74. The summed E-state index contributed by atoms with van der Waals surface area (Å²) in [6.45, 7) is 5.09. The Bertz CT molecular complexity index is 372. The van der Waals surface area contributed by atoms with Crippen LogP contribution in [-0.2, 0) is 0 Å². The molecule has 0 aliphatic heterocycles. The highest BCUT2D eigenvalue weighted by atomic mass is 35.5. The molecule has 0 spiro atoms. The summed E-state index contributed by atoms with van der Waals surface area (Å²) in [7, 11) is 0. The number of hydrogen-bond acceptors (Lipinski definition) is 3. The molecule has 1 unspecified atom stereocenters. The summed E-state index contributed by atoms with van der Waals surface area (Å²) in [5, 5.41) is 13.8. The van der Waals surface area contributed by atoms with Gasteiger partial charge in [-0.3, -0.25) is 0 Å². The molecule has 2 N–H and O–H groups in total. The van der Waals surface area contributed by atoms with Crippen LogP contribution in [0.15, 0.2) is 18.2 Å². The van der Waals surface area contributed by atoms with Crippen molar-refractivity contribution in [3.8, 4) is 5.75 Å². The molecule has 0 fully saturated rings. The number of benzene rings is 1. The van der Waals surface area contributed by atoms with Crippen LogP contribution in [0.25, 0.3) is 0 Å². The van der Waals surface area contributed by atoms with Gasteiger partial charge in [0.15, 0.2) is 0 Å². The summed E-state index contributed by atoms with van der Waals surface area (Å²) in [5.41, 5.74) is 0. The molecule has 5 heteroatoms. The van der Waals surface area contributed by atoms with E-state index >= 15 is 0 Å². The number of hydrogen-bond donors (Lipinski definition) is 2. The molecule has 0 aliphatic rings. The van der Waals surface area contributed by atoms with Crippen LogP contribution in [0.2, 0.25) is 10.0 Å². The third kappa shape index (κ3) is 5.44. The van der Waals surface area contributed by atoms with E-state index in [0.717, 1.165) is 6.54 Å². The number of rotatable bonds is 7. The average Bonchev–Trinajstić information content (AvgIpc) is 2.30. The van der Waals surface area contributed by atoms with Gasteiger partial charge in [0.2, 0.25) is 0 Å². The summed E-state index contributed by atoms with van der Waals surface area (Å²) in [4.78, 5) is 0. The Hall–Kier alpha value is -0.480. The Morgan fingerprint density at radius 1 is 1.33 bits per heavy atom. The highest BCUT2D eigenvalue weighted by Crippen LogP contribution is 2.31. The molecule has 1 atom stereocenters. The Labute approximate surface area is 118 Å². The van der Waals surface area contributed by atoms with Gasteiger partial charge >= 0.3 is 0 Å². The van der Waals surface area contributed by atoms with Gasteiger partial charge in [-0.1, -0.05) is 43.1 Å². The smallest absolute Gasteiger partial charge is 0.139 e. The lowest BCUT2D eigenvalue weighted by atomic mass is 10.2. The average molecular weight is 292 g/mol. The minimum atomic E-state index is -0.522. The minimum Gasteiger partial charge on any atom is -0.489 e. The predicted octanol–water partition coefficient (Wildman–Crippen LogP) is 3.12. The highest BCUT2D eigenvalue weighted by Gasteiger charge is 2.09. The Morgan fingerprint density at radius 3 is 2.72 bits per heavy atom. The second-order valence-corrected chi connectivity index (χ2v) is 5.20. The first-order chi connectivity index (χ1) is 8.50. The van der Waals surface area contributed by atoms with E-state index in [0.29, 0.717) is 28.3 Å². The third-order valence-corrected chi connectivity index (χ3v) is 3.18. The minimum absolute atomic E-state index is 0.208. The van der Waals surface area contributed by atoms with E-state index < -0.39 is 6.10 Å². The maximum Gasteiger partial charge on any atom is 0.139 e. The SMILES string of the molecule is CC(C)NCCC(O)COc1cccc(Cl)c1Cl. The lowest BCUT2D eigenvalue weighted by Gasteiger charge is -2.15. The van der Waals surface area contributed by atoms with Crippen molar-refractivity contribution >= 4 is 23.2 Å². The second-order valence-electron chi connectivity index (χ2n) is 4.41. The second kappa shape index (κ2) is 7.85. The molecule has 0 saturated heterocycles. The first-order valence-corrected chi connectivity index (χ1v) is 6.74. The van der Waals surface area contributed by atoms with E-state index in [2.05, 4.69) is 19.2 Å². The van der Waals surface area contributed by atoms with Crippen LogP contribution in [0.5, 0.6) is 5.75 Å². The fraction of sp³-hybridized carbons (Fsp3) is 0.538. The van der Waals surface area contributed by atoms with Gasteiger partial charge in [0, 0.05) is 6.04 Å². The standard InChI is InChI=1S/C13H19Cl2NO2/c1-9(2)16-7-6-10(17)8-18-12-5-3-4-11(14)13(12)15/h3-5,9-10,16-17H,6-8H2,1-2H3. The van der Waals surface area contributed by atoms with Crippen LogP contribution in [0, 0.1) is 0 Å². The number of aliphatic hydroxyl groups is 1. The topological polar surface area (TPSA) is 41.5 Å². The molecule has 0 heterocycles. The molecule has 0 aromatic heterocycles. The fourth-order valence-corrected chi connectivity index (χ4v) is 1.75. The monoisotopic (exact) mass is 291 g/mol. The number of halogens is 2. The van der Waals surface area contributed by atoms with E-state index in [4.69, 9.17) is 27.9 Å². The number of aliphatic hydroxyl groups excluding tert-OH is 1. The first-order valence-electron chi connectivity index (χ1n) is 5.99. The van der Waals surface area contributed by atoms with E-state index in [1.807, 2.05) is 0 Å². The molecule has 0 saturated carbocycles. The molecular weight excluding hydrogens is 273 g/mol. The van der Waals surface area contributed by atoms with Crippen molar-refractivity contribution in [1.29, 1.82) is 0 Å². The van der Waals surface area contributed by atoms with Gasteiger partial charge in [0.1, 0.15) is 17.4 Å². The zero-order chi connectivity index (χ0) is 13.5. The third-order valence-electron chi connectivity index (χ3n) is 2.38. The van der Waals surface area contributed by atoms with E-state index in [-0.39, 0.29) is 6.61 Å². The fourth-order valence-electron chi connectivity index (χ4n) is 1.40. The summed E-state index contributed by atoms with van der Waals surface area (Å²) < 4.78 is 5.44. The summed E-state index contributed by atoms with van der Waals surface area (Å²) in [6.07, 6.45) is 0.113. The van der Waals surface area contributed by atoms with E-state index in [1.54, 1.807) is 18.2 Å². The van der Waals surface area contributed by atoms with Crippen molar-refractivity contribution in [3.63, 3.8) is 0 Å². The Morgan fingerprint density at radius 2 is 2.06 bits per heavy atom. The van der Waals surface area contributed by atoms with Crippen LogP contribution in [0.4, 0.5) is 0 Å². The normalized spacial score (nSPS) is 12.8. The molecule has 1 aromatic rings. The molecule has 3 nitrogen and oxygen atoms in total. The number of nitrogens with one attached hydrogen (secondary N) is 1. The molecule has 1 rings (SSSR count). The molecule has 0 amide bonds. The van der Waals surface area contributed by atoms with Crippen molar-refractivity contribution in [2.45, 2.75) is 32.4 Å². The van der Waals surface area contributed by atoms with Gasteiger partial charge in [-0.2, -0.15) is 0 Å². The lowest BCUT2D eigenvalue weighted by molar-refractivity contribution is 0.0995. The van der Waals surface area contributed by atoms with Crippen LogP contribution in [-0.4, -0.2) is 30.4 Å². The van der Waals surface area contributed by atoms with Crippen molar-refractivity contribution < 1.29 is 9.84 Å². The lowest BCUT2D eigenvalue weighted by Crippen LogP contribution is -2.28. The summed E-state index contributed by atoms with van der Waals surface area (Å²) in [5.74, 6) is 0.500. The van der Waals surface area contributed by atoms with Gasteiger partial charge in [-0.15, -0.1) is 0 Å². The van der Waals surface area contributed by atoms with Crippen molar-refractivity contribution in [1.82, 2.24) is 5.32 Å². The predicted molar refractivity (Wildman–Crippen MR) is 75.7 cm³/mol. The van der Waals surface area contributed by atoms with Gasteiger partial charge in [-0.05, 0) is 25.1 Å². The van der Waals surface area contributed by atoms with Gasteiger partial charge in [0.25, 0.3) is 0 Å². The molecule has 0 aliphatic carbocycles. The molecule has 0 radical (unpaired) electrons. The van der Waals surface area contributed by atoms with Crippen molar-refractivity contribution in [3.05, 3.63) is 28.2 Å². The molecule has 18 heavy (non-hydrogen) atoms. The number of ether oxygens (including phenoxy) is 1. The van der Waals surface area contributed by atoms with Gasteiger partial charge in [-0.25, -0.2) is 0 Å². The van der Waals surface area contributed by atoms with E-state index in [1.165, 1.54) is 0 Å². The Balaban J connectivity index is 2.33. The Kier molecular flexibility index (Phi) is 6.79. The van der Waals surface area contributed by atoms with Crippen molar-refractivity contribution in [2.24, 2.45) is 0 Å². The molecule has 102 valence electrons. The van der Waals surface area contributed by atoms with Crippen LogP contribution in [0.3, 0.4) is 0 Å². The largest absolute Gasteiger partial charge is 0.489 e. The zero-order valence-electron chi connectivity index (χ0n) is 10.6. The first kappa shape index (κ1) is 15.6.